The van der Waals surface area contributed by atoms with Crippen molar-refractivity contribution in [1.82, 2.24) is 5.32 Å². The molecule has 1 saturated carbocycles. The van der Waals surface area contributed by atoms with Crippen molar-refractivity contribution in [2.24, 2.45) is 0 Å². The Morgan fingerprint density at radius 1 is 1.05 bits per heavy atom. The van der Waals surface area contributed by atoms with E-state index in [4.69, 9.17) is 0 Å². The summed E-state index contributed by atoms with van der Waals surface area (Å²) in [5.74, 6) is -0.220. The minimum atomic E-state index is -0.150. The summed E-state index contributed by atoms with van der Waals surface area (Å²) < 4.78 is 0. The lowest BCUT2D eigenvalue weighted by atomic mass is 10.1. The van der Waals surface area contributed by atoms with Crippen molar-refractivity contribution >= 4 is 28.8 Å². The van der Waals surface area contributed by atoms with Crippen molar-refractivity contribution in [3.8, 4) is 0 Å². The van der Waals surface area contributed by atoms with Gasteiger partial charge in [0, 0.05) is 17.3 Å². The lowest BCUT2D eigenvalue weighted by molar-refractivity contribution is 0.0936. The molecule has 4 nitrogen and oxygen atoms in total. The highest BCUT2D eigenvalue weighted by Crippen LogP contribution is 2.19. The van der Waals surface area contributed by atoms with Crippen molar-refractivity contribution in [2.75, 3.05) is 5.32 Å². The van der Waals surface area contributed by atoms with Gasteiger partial charge in [-0.05, 0) is 42.5 Å². The summed E-state index contributed by atoms with van der Waals surface area (Å²) in [4.78, 5) is 24.9. The number of thiophene rings is 1. The molecular weight excluding hydrogens is 296 g/mol. The second-order valence-corrected chi connectivity index (χ2v) is 6.41. The van der Waals surface area contributed by atoms with Crippen LogP contribution in [0.1, 0.15) is 45.7 Å². The molecule has 0 saturated heterocycles. The number of anilines is 1. The first kappa shape index (κ1) is 14.8. The van der Waals surface area contributed by atoms with Gasteiger partial charge in [0.05, 0.1) is 4.88 Å². The van der Waals surface area contributed by atoms with Gasteiger partial charge in [-0.2, -0.15) is 0 Å². The molecule has 0 atom stereocenters. The Balaban J connectivity index is 1.66. The molecule has 0 unspecified atom stereocenters. The third-order valence-corrected chi connectivity index (χ3v) is 4.69. The van der Waals surface area contributed by atoms with E-state index in [0.29, 0.717) is 16.1 Å². The topological polar surface area (TPSA) is 58.2 Å². The fourth-order valence-electron chi connectivity index (χ4n) is 2.68. The molecule has 22 heavy (non-hydrogen) atoms. The predicted octanol–water partition coefficient (Wildman–Crippen LogP) is 3.67. The monoisotopic (exact) mass is 314 g/mol. The van der Waals surface area contributed by atoms with Crippen LogP contribution in [0.25, 0.3) is 0 Å². The highest BCUT2D eigenvalue weighted by atomic mass is 32.1. The maximum atomic E-state index is 12.2. The Bertz CT molecular complexity index is 661. The molecule has 0 bridgehead atoms. The standard InChI is InChI=1S/C17H18N2O2S/c20-16(18-13-6-1-2-7-13)12-5-3-8-14(11-12)19-17(21)15-9-4-10-22-15/h3-5,8-11,13H,1-2,6-7H2,(H,18,20)(H,19,21). The van der Waals surface area contributed by atoms with Gasteiger partial charge in [0.15, 0.2) is 0 Å². The minimum Gasteiger partial charge on any atom is -0.349 e. The number of hydrogen-bond acceptors (Lipinski definition) is 3. The van der Waals surface area contributed by atoms with Gasteiger partial charge in [-0.1, -0.05) is 25.0 Å². The van der Waals surface area contributed by atoms with E-state index < -0.39 is 0 Å². The summed E-state index contributed by atoms with van der Waals surface area (Å²) in [5.41, 5.74) is 1.22. The van der Waals surface area contributed by atoms with Crippen LogP contribution in [0.2, 0.25) is 0 Å². The molecule has 3 rings (SSSR count). The first-order chi connectivity index (χ1) is 10.7. The van der Waals surface area contributed by atoms with Crippen LogP contribution in [0, 0.1) is 0 Å². The molecular formula is C17H18N2O2S. The van der Waals surface area contributed by atoms with Crippen LogP contribution >= 0.6 is 11.3 Å². The highest BCUT2D eigenvalue weighted by Gasteiger charge is 2.18. The molecule has 2 N–H and O–H groups in total. The van der Waals surface area contributed by atoms with E-state index in [0.717, 1.165) is 12.8 Å². The van der Waals surface area contributed by atoms with Gasteiger partial charge < -0.3 is 10.6 Å². The van der Waals surface area contributed by atoms with Crippen LogP contribution in [0.3, 0.4) is 0 Å². The zero-order valence-corrected chi connectivity index (χ0v) is 13.0. The molecule has 1 aliphatic carbocycles. The van der Waals surface area contributed by atoms with Crippen LogP contribution < -0.4 is 10.6 Å². The van der Waals surface area contributed by atoms with Crippen molar-refractivity contribution in [1.29, 1.82) is 0 Å². The van der Waals surface area contributed by atoms with Crippen molar-refractivity contribution in [2.45, 2.75) is 31.7 Å². The maximum Gasteiger partial charge on any atom is 0.265 e. The number of carbonyl (C=O) groups excluding carboxylic acids is 2. The summed E-state index contributed by atoms with van der Waals surface area (Å²) in [6.07, 6.45) is 4.48. The number of benzene rings is 1. The first-order valence-corrected chi connectivity index (χ1v) is 8.36. The number of hydrogen-bond donors (Lipinski definition) is 2. The van der Waals surface area contributed by atoms with Crippen molar-refractivity contribution < 1.29 is 9.59 Å². The molecule has 1 fully saturated rings. The summed E-state index contributed by atoms with van der Waals surface area (Å²) in [5, 5.41) is 7.74. The van der Waals surface area contributed by atoms with Gasteiger partial charge in [0.1, 0.15) is 0 Å². The molecule has 0 aliphatic heterocycles. The quantitative estimate of drug-likeness (QED) is 0.904. The van der Waals surface area contributed by atoms with Gasteiger partial charge in [0.25, 0.3) is 11.8 Å². The average Bonchev–Trinajstić information content (AvgIpc) is 3.21. The van der Waals surface area contributed by atoms with E-state index in [9.17, 15) is 9.59 Å². The number of carbonyl (C=O) groups is 2. The highest BCUT2D eigenvalue weighted by molar-refractivity contribution is 7.12. The maximum absolute atomic E-state index is 12.2. The Morgan fingerprint density at radius 3 is 2.59 bits per heavy atom. The summed E-state index contributed by atoms with van der Waals surface area (Å²) in [6.45, 7) is 0. The molecule has 1 aliphatic rings. The largest absolute Gasteiger partial charge is 0.349 e. The van der Waals surface area contributed by atoms with Gasteiger partial charge in [-0.15, -0.1) is 11.3 Å². The van der Waals surface area contributed by atoms with Crippen LogP contribution in [0.15, 0.2) is 41.8 Å². The van der Waals surface area contributed by atoms with Crippen LogP contribution in [-0.4, -0.2) is 17.9 Å². The van der Waals surface area contributed by atoms with Gasteiger partial charge in [-0.25, -0.2) is 0 Å². The van der Waals surface area contributed by atoms with E-state index in [-0.39, 0.29) is 17.9 Å². The SMILES string of the molecule is O=C(NC1CCCC1)c1cccc(NC(=O)c2cccs2)c1. The smallest absolute Gasteiger partial charge is 0.265 e. The molecule has 0 spiro atoms. The molecule has 114 valence electrons. The van der Waals surface area contributed by atoms with E-state index in [1.165, 1.54) is 24.2 Å². The van der Waals surface area contributed by atoms with E-state index in [1.54, 1.807) is 30.3 Å². The number of rotatable bonds is 4. The molecule has 1 aromatic carbocycles. The Kier molecular flexibility index (Phi) is 4.53. The van der Waals surface area contributed by atoms with Crippen LogP contribution in [-0.2, 0) is 0 Å². The zero-order valence-electron chi connectivity index (χ0n) is 12.2. The Morgan fingerprint density at radius 2 is 1.86 bits per heavy atom. The summed E-state index contributed by atoms with van der Waals surface area (Å²) in [7, 11) is 0. The Labute approximate surface area is 133 Å². The molecule has 1 aromatic heterocycles. The second kappa shape index (κ2) is 6.75. The van der Waals surface area contributed by atoms with Gasteiger partial charge in [0.2, 0.25) is 0 Å². The Hall–Kier alpha value is -2.14. The van der Waals surface area contributed by atoms with Crippen molar-refractivity contribution in [3.05, 3.63) is 52.2 Å². The lowest BCUT2D eigenvalue weighted by Crippen LogP contribution is -2.32. The van der Waals surface area contributed by atoms with Crippen LogP contribution in [0.4, 0.5) is 5.69 Å². The number of amides is 2. The second-order valence-electron chi connectivity index (χ2n) is 5.47. The molecule has 2 amide bonds. The average molecular weight is 314 g/mol. The van der Waals surface area contributed by atoms with Gasteiger partial charge in [-0.3, -0.25) is 9.59 Å². The van der Waals surface area contributed by atoms with Crippen LogP contribution in [0.5, 0.6) is 0 Å². The van der Waals surface area contributed by atoms with E-state index in [2.05, 4.69) is 10.6 Å². The first-order valence-electron chi connectivity index (χ1n) is 7.48. The predicted molar refractivity (Wildman–Crippen MR) is 88.4 cm³/mol. The molecule has 5 heteroatoms. The third-order valence-electron chi connectivity index (χ3n) is 3.82. The minimum absolute atomic E-state index is 0.0703. The van der Waals surface area contributed by atoms with E-state index in [1.807, 2.05) is 11.4 Å². The number of nitrogens with one attached hydrogen (secondary N) is 2. The fourth-order valence-corrected chi connectivity index (χ4v) is 3.30. The molecule has 1 heterocycles. The summed E-state index contributed by atoms with van der Waals surface area (Å²) in [6, 6.07) is 11.0. The van der Waals surface area contributed by atoms with E-state index >= 15 is 0 Å². The third kappa shape index (κ3) is 3.54. The molecule has 2 aromatic rings. The van der Waals surface area contributed by atoms with Crippen molar-refractivity contribution in [3.63, 3.8) is 0 Å². The fraction of sp³-hybridized carbons (Fsp3) is 0.294. The molecule has 0 radical (unpaired) electrons. The normalized spacial score (nSPS) is 14.7. The van der Waals surface area contributed by atoms with Gasteiger partial charge >= 0.3 is 0 Å². The summed E-state index contributed by atoms with van der Waals surface area (Å²) >= 11 is 1.39. The lowest BCUT2D eigenvalue weighted by Gasteiger charge is -2.12. The zero-order chi connectivity index (χ0) is 15.4.